The fourth-order valence-electron chi connectivity index (χ4n) is 3.74. The first-order chi connectivity index (χ1) is 12.2. The molecule has 2 aliphatic rings. The third-order valence-corrected chi connectivity index (χ3v) is 6.20. The molecule has 0 unspecified atom stereocenters. The van der Waals surface area contributed by atoms with E-state index in [0.29, 0.717) is 5.92 Å². The van der Waals surface area contributed by atoms with Gasteiger partial charge in [0.15, 0.2) is 0 Å². The molecule has 2 fully saturated rings. The van der Waals surface area contributed by atoms with Crippen molar-refractivity contribution >= 4 is 22.9 Å². The van der Waals surface area contributed by atoms with E-state index in [1.165, 1.54) is 10.4 Å². The van der Waals surface area contributed by atoms with Crippen LogP contribution in [0.3, 0.4) is 0 Å². The van der Waals surface area contributed by atoms with Crippen LogP contribution >= 0.6 is 11.3 Å². The van der Waals surface area contributed by atoms with Crippen molar-refractivity contribution in [1.29, 1.82) is 0 Å². The predicted octanol–water partition coefficient (Wildman–Crippen LogP) is 3.07. The predicted molar refractivity (Wildman–Crippen MR) is 98.6 cm³/mol. The molecule has 2 saturated heterocycles. The number of nitrogens with zero attached hydrogens (tertiary/aromatic N) is 2. The molecule has 1 N–H and O–H groups in total. The second-order valence-electron chi connectivity index (χ2n) is 6.94. The summed E-state index contributed by atoms with van der Waals surface area (Å²) in [5.41, 5.74) is 2.09. The van der Waals surface area contributed by atoms with Gasteiger partial charge in [-0.2, -0.15) is 0 Å². The van der Waals surface area contributed by atoms with E-state index in [2.05, 4.69) is 33.6 Å². The van der Waals surface area contributed by atoms with Crippen molar-refractivity contribution in [2.75, 3.05) is 18.4 Å². The molecular formula is C19H23N3O2S. The van der Waals surface area contributed by atoms with E-state index in [-0.39, 0.29) is 18.1 Å². The first-order valence-corrected chi connectivity index (χ1v) is 9.68. The van der Waals surface area contributed by atoms with Gasteiger partial charge in [0.2, 0.25) is 0 Å². The van der Waals surface area contributed by atoms with Gasteiger partial charge in [0.1, 0.15) is 6.10 Å². The highest BCUT2D eigenvalue weighted by Gasteiger charge is 2.41. The highest BCUT2D eigenvalue weighted by molar-refractivity contribution is 7.10. The van der Waals surface area contributed by atoms with Crippen LogP contribution in [-0.2, 0) is 16.1 Å². The number of carbonyl (C=O) groups is 1. The zero-order valence-electron chi connectivity index (χ0n) is 14.4. The van der Waals surface area contributed by atoms with Gasteiger partial charge in [-0.1, -0.05) is 0 Å². The normalized spacial score (nSPS) is 26.4. The number of hydrogen-bond acceptors (Lipinski definition) is 5. The molecule has 2 aromatic rings. The molecule has 0 aromatic carbocycles. The average Bonchev–Trinajstić information content (AvgIpc) is 3.22. The van der Waals surface area contributed by atoms with Crippen molar-refractivity contribution in [2.24, 2.45) is 5.92 Å². The first kappa shape index (κ1) is 16.7. The third-order valence-electron chi connectivity index (χ3n) is 5.19. The number of ether oxygens (including phenoxy) is 1. The van der Waals surface area contributed by atoms with Crippen LogP contribution < -0.4 is 5.32 Å². The fourth-order valence-corrected chi connectivity index (χ4v) is 4.68. The topological polar surface area (TPSA) is 54.5 Å². The SMILES string of the molecule is Cc1ccsc1CN1CC[C@@H]2C[C@@H](C(=O)Nc3cccnc3)O[C@H]2C1. The summed E-state index contributed by atoms with van der Waals surface area (Å²) in [6, 6.07) is 5.84. The number of anilines is 1. The van der Waals surface area contributed by atoms with Crippen molar-refractivity contribution in [3.63, 3.8) is 0 Å². The van der Waals surface area contributed by atoms with Crippen LogP contribution in [0.25, 0.3) is 0 Å². The van der Waals surface area contributed by atoms with Crippen LogP contribution in [0.5, 0.6) is 0 Å². The maximum absolute atomic E-state index is 12.5. The van der Waals surface area contributed by atoms with Crippen LogP contribution in [0.1, 0.15) is 23.3 Å². The van der Waals surface area contributed by atoms with Gasteiger partial charge >= 0.3 is 0 Å². The number of piperidine rings is 1. The van der Waals surface area contributed by atoms with E-state index in [1.54, 1.807) is 12.4 Å². The molecule has 1 amide bonds. The van der Waals surface area contributed by atoms with Crippen molar-refractivity contribution in [3.05, 3.63) is 46.4 Å². The van der Waals surface area contributed by atoms with Gasteiger partial charge < -0.3 is 10.1 Å². The molecule has 0 spiro atoms. The number of fused-ring (bicyclic) bond motifs is 1. The number of hydrogen-bond donors (Lipinski definition) is 1. The Labute approximate surface area is 152 Å². The molecule has 0 saturated carbocycles. The molecule has 2 aliphatic heterocycles. The summed E-state index contributed by atoms with van der Waals surface area (Å²) in [4.78, 5) is 20.4. The summed E-state index contributed by atoms with van der Waals surface area (Å²) in [6.45, 7) is 5.16. The molecule has 0 bridgehead atoms. The second kappa shape index (κ2) is 7.23. The van der Waals surface area contributed by atoms with E-state index in [9.17, 15) is 4.79 Å². The Balaban J connectivity index is 1.33. The van der Waals surface area contributed by atoms with E-state index in [4.69, 9.17) is 4.74 Å². The summed E-state index contributed by atoms with van der Waals surface area (Å²) >= 11 is 1.82. The van der Waals surface area contributed by atoms with Gasteiger partial charge in [-0.25, -0.2) is 0 Å². The van der Waals surface area contributed by atoms with Crippen LogP contribution in [0, 0.1) is 12.8 Å². The van der Waals surface area contributed by atoms with Crippen molar-refractivity contribution in [3.8, 4) is 0 Å². The van der Waals surface area contributed by atoms with Crippen molar-refractivity contribution < 1.29 is 9.53 Å². The van der Waals surface area contributed by atoms with Gasteiger partial charge in [-0.15, -0.1) is 11.3 Å². The van der Waals surface area contributed by atoms with E-state index in [1.807, 2.05) is 23.5 Å². The molecule has 4 heterocycles. The lowest BCUT2D eigenvalue weighted by Crippen LogP contribution is -2.41. The van der Waals surface area contributed by atoms with Gasteiger partial charge in [0.25, 0.3) is 5.91 Å². The minimum atomic E-state index is -0.348. The average molecular weight is 357 g/mol. The number of thiophene rings is 1. The summed E-state index contributed by atoms with van der Waals surface area (Å²) in [6.07, 6.45) is 5.09. The Morgan fingerprint density at radius 1 is 1.48 bits per heavy atom. The zero-order chi connectivity index (χ0) is 17.2. The molecule has 25 heavy (non-hydrogen) atoms. The van der Waals surface area contributed by atoms with Crippen LogP contribution in [0.15, 0.2) is 36.0 Å². The Kier molecular flexibility index (Phi) is 4.83. The van der Waals surface area contributed by atoms with E-state index in [0.717, 1.165) is 38.2 Å². The number of aromatic nitrogens is 1. The van der Waals surface area contributed by atoms with Crippen molar-refractivity contribution in [2.45, 2.75) is 38.5 Å². The highest BCUT2D eigenvalue weighted by atomic mass is 32.1. The van der Waals surface area contributed by atoms with E-state index < -0.39 is 0 Å². The number of aryl methyl sites for hydroxylation is 1. The lowest BCUT2D eigenvalue weighted by molar-refractivity contribution is -0.127. The van der Waals surface area contributed by atoms with Crippen LogP contribution in [0.4, 0.5) is 5.69 Å². The minimum absolute atomic E-state index is 0.0527. The monoisotopic (exact) mass is 357 g/mol. The molecule has 5 nitrogen and oxygen atoms in total. The summed E-state index contributed by atoms with van der Waals surface area (Å²) < 4.78 is 6.11. The number of nitrogens with one attached hydrogen (secondary N) is 1. The number of likely N-dealkylation sites (tertiary alicyclic amines) is 1. The van der Waals surface area contributed by atoms with Crippen LogP contribution in [0.2, 0.25) is 0 Å². The summed E-state index contributed by atoms with van der Waals surface area (Å²) in [5, 5.41) is 5.07. The Bertz CT molecular complexity index is 733. The Hall–Kier alpha value is -1.76. The molecule has 4 rings (SSSR count). The lowest BCUT2D eigenvalue weighted by atomic mass is 9.91. The fraction of sp³-hybridized carbons (Fsp3) is 0.474. The van der Waals surface area contributed by atoms with Crippen molar-refractivity contribution in [1.82, 2.24) is 9.88 Å². The lowest BCUT2D eigenvalue weighted by Gasteiger charge is -2.33. The largest absolute Gasteiger partial charge is 0.364 e. The quantitative estimate of drug-likeness (QED) is 0.914. The molecule has 2 aromatic heterocycles. The standard InChI is InChI=1S/C19H23N3O2S/c1-13-5-8-25-18(13)12-22-7-4-14-9-16(24-17(14)11-22)19(23)21-15-3-2-6-20-10-15/h2-3,5-6,8,10,14,16-17H,4,7,9,11-12H2,1H3,(H,21,23)/t14-,16+,17+/m1/s1. The zero-order valence-corrected chi connectivity index (χ0v) is 15.2. The molecule has 3 atom stereocenters. The summed E-state index contributed by atoms with van der Waals surface area (Å²) in [7, 11) is 0. The van der Waals surface area contributed by atoms with Gasteiger partial charge in [0.05, 0.1) is 18.0 Å². The number of pyridine rings is 1. The number of rotatable bonds is 4. The van der Waals surface area contributed by atoms with Gasteiger partial charge in [-0.05, 0) is 61.4 Å². The molecular weight excluding hydrogens is 334 g/mol. The second-order valence-corrected chi connectivity index (χ2v) is 7.94. The number of amides is 1. The smallest absolute Gasteiger partial charge is 0.253 e. The molecule has 0 radical (unpaired) electrons. The maximum atomic E-state index is 12.5. The van der Waals surface area contributed by atoms with Crippen LogP contribution in [-0.4, -0.2) is 41.1 Å². The van der Waals surface area contributed by atoms with Gasteiger partial charge in [0, 0.05) is 24.2 Å². The maximum Gasteiger partial charge on any atom is 0.253 e. The Morgan fingerprint density at radius 2 is 2.40 bits per heavy atom. The van der Waals surface area contributed by atoms with E-state index >= 15 is 0 Å². The Morgan fingerprint density at radius 3 is 3.16 bits per heavy atom. The minimum Gasteiger partial charge on any atom is -0.364 e. The third kappa shape index (κ3) is 3.76. The molecule has 0 aliphatic carbocycles. The number of carbonyl (C=O) groups excluding carboxylic acids is 1. The summed E-state index contributed by atoms with van der Waals surface area (Å²) in [5.74, 6) is 0.438. The highest BCUT2D eigenvalue weighted by Crippen LogP contribution is 2.34. The van der Waals surface area contributed by atoms with Gasteiger partial charge in [-0.3, -0.25) is 14.7 Å². The first-order valence-electron chi connectivity index (χ1n) is 8.81. The molecule has 6 heteroatoms. The molecule has 132 valence electrons.